The molecule has 0 atom stereocenters. The molecule has 0 bridgehead atoms. The van der Waals surface area contributed by atoms with Crippen LogP contribution >= 0.6 is 0 Å². The molecule has 0 unspecified atom stereocenters. The van der Waals surface area contributed by atoms with Crippen molar-refractivity contribution in [3.8, 4) is 17.3 Å². The lowest BCUT2D eigenvalue weighted by Gasteiger charge is -2.32. The molecule has 1 amide bonds. The number of piperazine rings is 1. The van der Waals surface area contributed by atoms with E-state index in [2.05, 4.69) is 58.2 Å². The fourth-order valence-electron chi connectivity index (χ4n) is 5.53. The van der Waals surface area contributed by atoms with Gasteiger partial charge in [-0.15, -0.1) is 0 Å². The van der Waals surface area contributed by atoms with Crippen LogP contribution in [0.4, 0.5) is 16.0 Å². The predicted molar refractivity (Wildman–Crippen MR) is 183 cm³/mol. The summed E-state index contributed by atoms with van der Waals surface area (Å²) in [5.74, 6) is 1.61. The average Bonchev–Trinajstić information content (AvgIpc) is 3.48. The molecule has 3 aromatic carbocycles. The highest BCUT2D eigenvalue weighted by Crippen LogP contribution is 2.30. The van der Waals surface area contributed by atoms with E-state index in [1.165, 1.54) is 18.5 Å². The summed E-state index contributed by atoms with van der Waals surface area (Å²) in [4.78, 5) is 27.2. The summed E-state index contributed by atoms with van der Waals surface area (Å²) in [6.07, 6.45) is 2.51. The molecule has 0 aliphatic carbocycles. The van der Waals surface area contributed by atoms with Crippen molar-refractivity contribution in [3.63, 3.8) is 0 Å². The summed E-state index contributed by atoms with van der Waals surface area (Å²) >= 11 is 0. The summed E-state index contributed by atoms with van der Waals surface area (Å²) in [6.45, 7) is 12.5. The molecule has 0 radical (unpaired) electrons. The summed E-state index contributed by atoms with van der Waals surface area (Å²) in [7, 11) is 2.17. The van der Waals surface area contributed by atoms with Crippen molar-refractivity contribution in [1.29, 1.82) is 0 Å². The second kappa shape index (κ2) is 13.9. The first-order valence-corrected chi connectivity index (χ1v) is 16.0. The highest BCUT2D eigenvalue weighted by atomic mass is 19.1. The summed E-state index contributed by atoms with van der Waals surface area (Å²) in [5.41, 5.74) is 1.69. The maximum Gasteiger partial charge on any atom is 0.257 e. The Bertz CT molecular complexity index is 1840. The molecule has 1 aliphatic rings. The van der Waals surface area contributed by atoms with Crippen LogP contribution in [0.1, 0.15) is 43.2 Å². The van der Waals surface area contributed by atoms with Crippen molar-refractivity contribution in [3.05, 3.63) is 96.2 Å². The van der Waals surface area contributed by atoms with Crippen LogP contribution in [0.5, 0.6) is 11.6 Å². The van der Waals surface area contributed by atoms with Gasteiger partial charge in [-0.2, -0.15) is 5.10 Å². The van der Waals surface area contributed by atoms with Crippen LogP contribution in [0.3, 0.4) is 0 Å². The first kappa shape index (κ1) is 32.1. The average molecular weight is 637 g/mol. The fourth-order valence-corrected chi connectivity index (χ4v) is 5.53. The number of nitrogens with one attached hydrogen (secondary N) is 2. The van der Waals surface area contributed by atoms with Gasteiger partial charge in [0.15, 0.2) is 0 Å². The maximum absolute atomic E-state index is 13.7. The third-order valence-corrected chi connectivity index (χ3v) is 8.30. The van der Waals surface area contributed by atoms with Crippen LogP contribution in [0, 0.1) is 5.82 Å². The molecule has 11 heteroatoms. The predicted octanol–water partition coefficient (Wildman–Crippen LogP) is 6.35. The van der Waals surface area contributed by atoms with Crippen LogP contribution in [-0.4, -0.2) is 81.8 Å². The van der Waals surface area contributed by atoms with Crippen molar-refractivity contribution in [1.82, 2.24) is 29.5 Å². The summed E-state index contributed by atoms with van der Waals surface area (Å²) in [6, 6.07) is 20.8. The van der Waals surface area contributed by atoms with Crippen molar-refractivity contribution >= 4 is 28.3 Å². The van der Waals surface area contributed by atoms with Gasteiger partial charge in [0.1, 0.15) is 29.5 Å². The number of rotatable bonds is 10. The second-order valence-electron chi connectivity index (χ2n) is 13.0. The largest absolute Gasteiger partial charge is 0.439 e. The Morgan fingerprint density at radius 2 is 1.74 bits per heavy atom. The number of ether oxygens (including phenoxy) is 1. The van der Waals surface area contributed by atoms with Gasteiger partial charge in [-0.05, 0) is 79.3 Å². The van der Waals surface area contributed by atoms with E-state index in [0.29, 0.717) is 34.5 Å². The standard InChI is InChI=1S/C36H41FN8O2/c1-36(2,3)31-22-33(45(42-31)27-11-9-26(37)10-12-27)41-35(46)30-8-5-7-25-21-28(13-14-29(25)30)47-34-23-32(39-24-40-34)38-15-6-16-44-19-17-43(4)18-20-44/h5,7-14,21-24H,6,15-20H2,1-4H3,(H,41,46)(H,38,39,40). The summed E-state index contributed by atoms with van der Waals surface area (Å²) in [5, 5.41) is 12.8. The monoisotopic (exact) mass is 636 g/mol. The van der Waals surface area contributed by atoms with E-state index in [0.717, 1.165) is 62.2 Å². The Kier molecular flexibility index (Phi) is 9.46. The molecular weight excluding hydrogens is 595 g/mol. The zero-order valence-corrected chi connectivity index (χ0v) is 27.3. The van der Waals surface area contributed by atoms with Gasteiger partial charge in [0, 0.05) is 55.8 Å². The van der Waals surface area contributed by atoms with Crippen molar-refractivity contribution in [2.24, 2.45) is 0 Å². The minimum absolute atomic E-state index is 0.258. The molecule has 1 saturated heterocycles. The number of benzene rings is 3. The number of carbonyl (C=O) groups is 1. The van der Waals surface area contributed by atoms with E-state index < -0.39 is 0 Å². The van der Waals surface area contributed by atoms with Gasteiger partial charge in [-0.25, -0.2) is 19.0 Å². The number of anilines is 2. The normalized spacial score (nSPS) is 14.3. The molecule has 0 spiro atoms. The zero-order chi connectivity index (χ0) is 33.0. The molecule has 0 saturated carbocycles. The van der Waals surface area contributed by atoms with Crippen molar-refractivity contribution in [2.75, 3.05) is 56.9 Å². The zero-order valence-electron chi connectivity index (χ0n) is 27.3. The molecule has 2 aromatic heterocycles. The van der Waals surface area contributed by atoms with Gasteiger partial charge in [-0.3, -0.25) is 4.79 Å². The van der Waals surface area contributed by atoms with Gasteiger partial charge < -0.3 is 25.2 Å². The number of likely N-dealkylation sites (N-methyl/N-ethyl adjacent to an activating group) is 1. The Hall–Kier alpha value is -4.87. The van der Waals surface area contributed by atoms with Gasteiger partial charge in [0.2, 0.25) is 5.88 Å². The van der Waals surface area contributed by atoms with E-state index in [1.54, 1.807) is 28.9 Å². The number of carbonyl (C=O) groups excluding carboxylic acids is 1. The van der Waals surface area contributed by atoms with Crippen LogP contribution < -0.4 is 15.4 Å². The third-order valence-electron chi connectivity index (χ3n) is 8.30. The molecule has 10 nitrogen and oxygen atoms in total. The first-order valence-electron chi connectivity index (χ1n) is 16.0. The van der Waals surface area contributed by atoms with E-state index >= 15 is 0 Å². The number of halogens is 1. The lowest BCUT2D eigenvalue weighted by atomic mass is 9.92. The number of hydrogen-bond acceptors (Lipinski definition) is 8. The maximum atomic E-state index is 13.7. The molecule has 2 N–H and O–H groups in total. The molecule has 3 heterocycles. The lowest BCUT2D eigenvalue weighted by molar-refractivity contribution is 0.102. The second-order valence-corrected chi connectivity index (χ2v) is 13.0. The van der Waals surface area contributed by atoms with E-state index in [-0.39, 0.29) is 17.1 Å². The minimum atomic E-state index is -0.342. The fraction of sp³-hybridized carbons (Fsp3) is 0.333. The highest BCUT2D eigenvalue weighted by Gasteiger charge is 2.22. The third kappa shape index (κ3) is 7.93. The Labute approximate surface area is 274 Å². The van der Waals surface area contributed by atoms with E-state index in [9.17, 15) is 9.18 Å². The van der Waals surface area contributed by atoms with Crippen LogP contribution in [-0.2, 0) is 5.41 Å². The first-order chi connectivity index (χ1) is 22.6. The molecule has 1 fully saturated rings. The number of nitrogens with zero attached hydrogens (tertiary/aromatic N) is 6. The Balaban J connectivity index is 1.13. The van der Waals surface area contributed by atoms with Gasteiger partial charge in [0.05, 0.1) is 11.4 Å². The molecule has 1 aliphatic heterocycles. The molecule has 244 valence electrons. The number of hydrogen-bond donors (Lipinski definition) is 2. The molecule has 5 aromatic rings. The highest BCUT2D eigenvalue weighted by molar-refractivity contribution is 6.13. The van der Waals surface area contributed by atoms with Crippen LogP contribution in [0.15, 0.2) is 79.1 Å². The minimum Gasteiger partial charge on any atom is -0.439 e. The molecule has 47 heavy (non-hydrogen) atoms. The van der Waals surface area contributed by atoms with Crippen molar-refractivity contribution < 1.29 is 13.9 Å². The van der Waals surface area contributed by atoms with E-state index in [4.69, 9.17) is 9.84 Å². The van der Waals surface area contributed by atoms with E-state index in [1.807, 2.05) is 36.4 Å². The van der Waals surface area contributed by atoms with Crippen molar-refractivity contribution in [2.45, 2.75) is 32.6 Å². The molecular formula is C36H41FN8O2. The van der Waals surface area contributed by atoms with Crippen LogP contribution in [0.2, 0.25) is 0 Å². The summed E-state index contributed by atoms with van der Waals surface area (Å²) < 4.78 is 21.4. The van der Waals surface area contributed by atoms with Gasteiger partial charge in [0.25, 0.3) is 5.91 Å². The van der Waals surface area contributed by atoms with Gasteiger partial charge in [-0.1, -0.05) is 32.9 Å². The Morgan fingerprint density at radius 3 is 2.51 bits per heavy atom. The van der Waals surface area contributed by atoms with Crippen LogP contribution in [0.25, 0.3) is 16.5 Å². The quantitative estimate of drug-likeness (QED) is 0.171. The van der Waals surface area contributed by atoms with Gasteiger partial charge >= 0.3 is 0 Å². The smallest absolute Gasteiger partial charge is 0.257 e. The Morgan fingerprint density at radius 1 is 0.957 bits per heavy atom. The number of fused-ring (bicyclic) bond motifs is 1. The lowest BCUT2D eigenvalue weighted by Crippen LogP contribution is -2.44. The number of aromatic nitrogens is 4. The SMILES string of the molecule is CN1CCN(CCCNc2cc(Oc3ccc4c(C(=O)Nc5cc(C(C)(C)C)nn5-c5ccc(F)cc5)cccc4c3)ncn2)CC1. The molecule has 6 rings (SSSR count). The number of amides is 1. The topological polar surface area (TPSA) is 100 Å².